The largest absolute Gasteiger partial charge is 0.336 e. The van der Waals surface area contributed by atoms with Crippen LogP contribution in [0.2, 0.25) is 0 Å². The smallest absolute Gasteiger partial charge is 0.252 e. The number of hydrogen-bond donors (Lipinski definition) is 1. The Hall–Kier alpha value is -2.66. The van der Waals surface area contributed by atoms with Gasteiger partial charge < -0.3 is 5.32 Å². The quantitative estimate of drug-likeness (QED) is 0.321. The van der Waals surface area contributed by atoms with Gasteiger partial charge in [0, 0.05) is 38.8 Å². The average molecular weight is 477 g/mol. The van der Waals surface area contributed by atoms with Gasteiger partial charge in [0.05, 0.1) is 6.17 Å². The van der Waals surface area contributed by atoms with Gasteiger partial charge in [-0.15, -0.1) is 23.7 Å². The van der Waals surface area contributed by atoms with Gasteiger partial charge in [-0.3, -0.25) is 9.69 Å². The van der Waals surface area contributed by atoms with Crippen LogP contribution in [0.3, 0.4) is 0 Å². The van der Waals surface area contributed by atoms with Gasteiger partial charge in [0.1, 0.15) is 0 Å². The van der Waals surface area contributed by atoms with Gasteiger partial charge >= 0.3 is 0 Å². The van der Waals surface area contributed by atoms with E-state index in [1.165, 1.54) is 31.3 Å². The number of hydrogen-bond acceptors (Lipinski definition) is 3. The summed E-state index contributed by atoms with van der Waals surface area (Å²) in [5, 5.41) is 5.71. The van der Waals surface area contributed by atoms with E-state index in [2.05, 4.69) is 89.9 Å². The topological polar surface area (TPSA) is 32.3 Å². The average Bonchev–Trinajstić information content (AvgIpc) is 3.22. The minimum Gasteiger partial charge on any atom is -0.336 e. The van der Waals surface area contributed by atoms with Crippen molar-refractivity contribution in [3.63, 3.8) is 0 Å². The van der Waals surface area contributed by atoms with E-state index < -0.39 is 0 Å². The number of benzene rings is 3. The minimum atomic E-state index is 0. The summed E-state index contributed by atoms with van der Waals surface area (Å²) in [5.74, 6) is 0.0125. The lowest BCUT2D eigenvalue weighted by molar-refractivity contribution is 0.0849. The molecule has 0 fully saturated rings. The predicted octanol–water partition coefficient (Wildman–Crippen LogP) is 7.12. The molecule has 0 spiro atoms. The summed E-state index contributed by atoms with van der Waals surface area (Å²) in [6.07, 6.45) is 5.36. The van der Waals surface area contributed by atoms with Crippen molar-refractivity contribution in [1.29, 1.82) is 0 Å². The standard InChI is InChI=1S/C28H28N2OS.ClH/c1-2-8-27(30-17-15-21(16-18-30)20-9-4-3-5-10-20)29-28(31)22-13-14-26-24(19-22)23-11-6-7-12-25(23)32-26;/h3-7,9-15,19,27H,2,8,16-18H2,1H3,(H,29,31);1H. The maximum atomic E-state index is 13.2. The van der Waals surface area contributed by atoms with Gasteiger partial charge in [-0.2, -0.15) is 0 Å². The molecule has 1 aliphatic heterocycles. The highest BCUT2D eigenvalue weighted by Crippen LogP contribution is 2.34. The second-order valence-corrected chi connectivity index (χ2v) is 9.51. The first-order chi connectivity index (χ1) is 15.7. The van der Waals surface area contributed by atoms with Crippen LogP contribution in [0.4, 0.5) is 0 Å². The van der Waals surface area contributed by atoms with Gasteiger partial charge in [0.2, 0.25) is 0 Å². The maximum absolute atomic E-state index is 13.2. The number of carbonyl (C=O) groups excluding carboxylic acids is 1. The van der Waals surface area contributed by atoms with E-state index in [4.69, 9.17) is 0 Å². The molecule has 3 nitrogen and oxygen atoms in total. The second-order valence-electron chi connectivity index (χ2n) is 8.43. The van der Waals surface area contributed by atoms with Gasteiger partial charge in [-0.25, -0.2) is 0 Å². The first-order valence-electron chi connectivity index (χ1n) is 11.4. The van der Waals surface area contributed by atoms with Crippen molar-refractivity contribution in [2.45, 2.75) is 32.4 Å². The minimum absolute atomic E-state index is 0. The Labute approximate surface area is 205 Å². The summed E-state index contributed by atoms with van der Waals surface area (Å²) < 4.78 is 2.49. The Morgan fingerprint density at radius 3 is 2.52 bits per heavy atom. The molecule has 0 aliphatic carbocycles. The summed E-state index contributed by atoms with van der Waals surface area (Å²) in [4.78, 5) is 15.6. The van der Waals surface area contributed by atoms with Gasteiger partial charge in [0.15, 0.2) is 0 Å². The van der Waals surface area contributed by atoms with E-state index in [0.29, 0.717) is 0 Å². The predicted molar refractivity (Wildman–Crippen MR) is 143 cm³/mol. The number of carbonyl (C=O) groups is 1. The third kappa shape index (κ3) is 4.98. The molecule has 1 atom stereocenters. The molecule has 1 unspecified atom stereocenters. The van der Waals surface area contributed by atoms with E-state index in [1.807, 2.05) is 6.07 Å². The lowest BCUT2D eigenvalue weighted by atomic mass is 9.99. The summed E-state index contributed by atoms with van der Waals surface area (Å²) in [7, 11) is 0. The molecule has 1 amide bonds. The SMILES string of the molecule is CCCC(NC(=O)c1ccc2sc3ccccc3c2c1)N1CC=C(c2ccccc2)CC1.Cl. The molecule has 1 N–H and O–H groups in total. The van der Waals surface area contributed by atoms with Gasteiger partial charge in [0.25, 0.3) is 5.91 Å². The molecule has 0 radical (unpaired) electrons. The Kier molecular flexibility index (Phi) is 7.49. The molecule has 4 aromatic rings. The van der Waals surface area contributed by atoms with E-state index in [9.17, 15) is 4.79 Å². The van der Waals surface area contributed by atoms with Crippen molar-refractivity contribution in [3.05, 3.63) is 90.0 Å². The fourth-order valence-electron chi connectivity index (χ4n) is 4.60. The lowest BCUT2D eigenvalue weighted by Gasteiger charge is -2.34. The van der Waals surface area contributed by atoms with Crippen molar-refractivity contribution in [3.8, 4) is 0 Å². The number of fused-ring (bicyclic) bond motifs is 3. The highest BCUT2D eigenvalue weighted by Gasteiger charge is 2.23. The van der Waals surface area contributed by atoms with Crippen LogP contribution < -0.4 is 5.32 Å². The molecule has 5 heteroatoms. The number of amides is 1. The van der Waals surface area contributed by atoms with Crippen LogP contribution in [0.5, 0.6) is 0 Å². The number of thiophene rings is 1. The van der Waals surface area contributed by atoms with Gasteiger partial charge in [-0.05, 0) is 48.2 Å². The zero-order valence-electron chi connectivity index (χ0n) is 18.8. The molecule has 1 aliphatic rings. The zero-order chi connectivity index (χ0) is 21.9. The molecule has 1 aromatic heterocycles. The lowest BCUT2D eigenvalue weighted by Crippen LogP contribution is -2.49. The molecule has 2 heterocycles. The molecule has 170 valence electrons. The Balaban J connectivity index is 0.00000259. The van der Waals surface area contributed by atoms with E-state index in [1.54, 1.807) is 11.3 Å². The van der Waals surface area contributed by atoms with Crippen LogP contribution in [-0.4, -0.2) is 30.1 Å². The number of nitrogens with one attached hydrogen (secondary N) is 1. The Morgan fingerprint density at radius 1 is 1.00 bits per heavy atom. The fourth-order valence-corrected chi connectivity index (χ4v) is 5.69. The van der Waals surface area contributed by atoms with Crippen LogP contribution in [0.1, 0.15) is 42.1 Å². The van der Waals surface area contributed by atoms with Crippen molar-refractivity contribution >= 4 is 55.4 Å². The van der Waals surface area contributed by atoms with Crippen LogP contribution in [0.25, 0.3) is 25.7 Å². The van der Waals surface area contributed by atoms with Crippen LogP contribution in [0, 0.1) is 0 Å². The third-order valence-corrected chi connectivity index (χ3v) is 7.48. The normalized spacial score (nSPS) is 15.1. The van der Waals surface area contributed by atoms with Crippen molar-refractivity contribution in [1.82, 2.24) is 10.2 Å². The highest BCUT2D eigenvalue weighted by molar-refractivity contribution is 7.25. The van der Waals surface area contributed by atoms with Gasteiger partial charge in [-0.1, -0.05) is 68.0 Å². The first-order valence-corrected chi connectivity index (χ1v) is 12.3. The van der Waals surface area contributed by atoms with Crippen molar-refractivity contribution < 1.29 is 4.79 Å². The Bertz CT molecular complexity index is 1280. The molecule has 0 saturated carbocycles. The van der Waals surface area contributed by atoms with Crippen LogP contribution in [-0.2, 0) is 0 Å². The van der Waals surface area contributed by atoms with E-state index in [0.717, 1.165) is 37.9 Å². The van der Waals surface area contributed by atoms with Crippen LogP contribution >= 0.6 is 23.7 Å². The summed E-state index contributed by atoms with van der Waals surface area (Å²) >= 11 is 1.78. The summed E-state index contributed by atoms with van der Waals surface area (Å²) in [6.45, 7) is 4.00. The number of halogens is 1. The molecule has 33 heavy (non-hydrogen) atoms. The summed E-state index contributed by atoms with van der Waals surface area (Å²) in [6, 6.07) is 25.1. The monoisotopic (exact) mass is 476 g/mol. The van der Waals surface area contributed by atoms with Crippen molar-refractivity contribution in [2.24, 2.45) is 0 Å². The number of nitrogens with zero attached hydrogens (tertiary/aromatic N) is 1. The number of rotatable bonds is 6. The molecule has 0 bridgehead atoms. The Morgan fingerprint density at radius 2 is 1.76 bits per heavy atom. The molecular formula is C28H29ClN2OS. The fraction of sp³-hybridized carbons (Fsp3) is 0.250. The van der Waals surface area contributed by atoms with E-state index >= 15 is 0 Å². The third-order valence-electron chi connectivity index (χ3n) is 6.32. The first kappa shape index (κ1) is 23.5. The molecule has 5 rings (SSSR count). The maximum Gasteiger partial charge on any atom is 0.252 e. The molecule has 3 aromatic carbocycles. The summed E-state index contributed by atoms with van der Waals surface area (Å²) in [5.41, 5.74) is 3.44. The zero-order valence-corrected chi connectivity index (χ0v) is 20.4. The second kappa shape index (κ2) is 10.5. The molecular weight excluding hydrogens is 448 g/mol. The van der Waals surface area contributed by atoms with E-state index in [-0.39, 0.29) is 24.5 Å². The van der Waals surface area contributed by atoms with Crippen molar-refractivity contribution in [2.75, 3.05) is 13.1 Å². The van der Waals surface area contributed by atoms with Crippen LogP contribution in [0.15, 0.2) is 78.9 Å². The highest BCUT2D eigenvalue weighted by atomic mass is 35.5. The molecule has 0 saturated heterocycles.